The Kier molecular flexibility index (Phi) is 7.05. The van der Waals surface area contributed by atoms with Gasteiger partial charge >= 0.3 is 94.8 Å². The molecule has 1 nitrogen and oxygen atoms in total. The fourth-order valence-corrected chi connectivity index (χ4v) is 2.71. The van der Waals surface area contributed by atoms with Crippen molar-refractivity contribution in [3.8, 4) is 0 Å². The molecule has 0 saturated heterocycles. The van der Waals surface area contributed by atoms with E-state index < -0.39 is 0 Å². The maximum Gasteiger partial charge on any atom is -0.147 e. The average Bonchev–Trinajstić information content (AvgIpc) is 2.16. The van der Waals surface area contributed by atoms with Crippen LogP contribution in [0.15, 0.2) is 18.2 Å². The number of halogens is 2. The summed E-state index contributed by atoms with van der Waals surface area (Å²) in [5.74, 6) is 0. The number of likely N-dealkylation sites (N-methyl/N-ethyl adjacent to an activating group) is 1. The van der Waals surface area contributed by atoms with Crippen LogP contribution in [0.3, 0.4) is 0 Å². The fourth-order valence-electron chi connectivity index (χ4n) is 2.22. The van der Waals surface area contributed by atoms with Crippen LogP contribution in [0.1, 0.15) is 24.5 Å². The average molecular weight is 322 g/mol. The summed E-state index contributed by atoms with van der Waals surface area (Å²) in [5, 5.41) is 0. The van der Waals surface area contributed by atoms with Gasteiger partial charge in [-0.2, -0.15) is 0 Å². The molecule has 90 valence electrons. The minimum absolute atomic E-state index is 0. The van der Waals surface area contributed by atoms with Gasteiger partial charge in [0, 0.05) is 0 Å². The second-order valence-corrected chi connectivity index (χ2v) is 5.22. The Hall–Kier alpha value is 0.318. The molecule has 0 fully saturated rings. The van der Waals surface area contributed by atoms with Crippen molar-refractivity contribution < 1.29 is 0 Å². The SMILES string of the molecule is CCC1Cc2ccc([As])cc2CN1C.Cl.Cl. The van der Waals surface area contributed by atoms with Crippen LogP contribution in [0.4, 0.5) is 0 Å². The third kappa shape index (κ3) is 3.40. The van der Waals surface area contributed by atoms with Gasteiger partial charge in [0.05, 0.1) is 0 Å². The van der Waals surface area contributed by atoms with E-state index in [-0.39, 0.29) is 24.8 Å². The van der Waals surface area contributed by atoms with Gasteiger partial charge in [-0.15, -0.1) is 24.8 Å². The van der Waals surface area contributed by atoms with Gasteiger partial charge in [0.1, 0.15) is 0 Å². The van der Waals surface area contributed by atoms with E-state index in [2.05, 4.69) is 53.9 Å². The molecule has 2 rings (SSSR count). The smallest absolute Gasteiger partial charge is 0.147 e. The van der Waals surface area contributed by atoms with Gasteiger partial charge in [0.15, 0.2) is 0 Å². The Labute approximate surface area is 119 Å². The van der Waals surface area contributed by atoms with Gasteiger partial charge < -0.3 is 0 Å². The van der Waals surface area contributed by atoms with E-state index in [1.165, 1.54) is 22.8 Å². The summed E-state index contributed by atoms with van der Waals surface area (Å²) in [6.07, 6.45) is 2.47. The summed E-state index contributed by atoms with van der Waals surface area (Å²) in [5.41, 5.74) is 3.06. The first kappa shape index (κ1) is 16.3. The molecule has 0 aliphatic carbocycles. The molecule has 1 aromatic carbocycles. The first-order valence-corrected chi connectivity index (χ1v) is 6.15. The first-order valence-electron chi connectivity index (χ1n) is 5.21. The molecule has 1 aliphatic rings. The number of benzene rings is 1. The Bertz CT molecular complexity index is 344. The molecule has 0 saturated carbocycles. The van der Waals surface area contributed by atoms with Crippen molar-refractivity contribution in [2.75, 3.05) is 7.05 Å². The monoisotopic (exact) mass is 321 g/mol. The van der Waals surface area contributed by atoms with Crippen molar-refractivity contribution in [1.29, 1.82) is 0 Å². The molecule has 1 aromatic rings. The largest absolute Gasteiger partial charge is 0.147 e. The molecule has 4 heteroatoms. The van der Waals surface area contributed by atoms with Crippen LogP contribution < -0.4 is 4.35 Å². The second-order valence-electron chi connectivity index (χ2n) is 4.13. The Morgan fingerprint density at radius 1 is 1.31 bits per heavy atom. The number of nitrogens with zero attached hydrogens (tertiary/aromatic N) is 1. The molecular formula is C12H18AsCl2N. The van der Waals surface area contributed by atoms with Crippen molar-refractivity contribution in [1.82, 2.24) is 4.90 Å². The quantitative estimate of drug-likeness (QED) is 0.716. The Morgan fingerprint density at radius 2 is 2.00 bits per heavy atom. The van der Waals surface area contributed by atoms with E-state index in [4.69, 9.17) is 0 Å². The third-order valence-electron chi connectivity index (χ3n) is 3.16. The molecule has 1 unspecified atom stereocenters. The van der Waals surface area contributed by atoms with Crippen molar-refractivity contribution >= 4 is 46.0 Å². The molecule has 16 heavy (non-hydrogen) atoms. The van der Waals surface area contributed by atoms with E-state index in [9.17, 15) is 0 Å². The molecule has 1 heterocycles. The maximum absolute atomic E-state index is 2.62. The second kappa shape index (κ2) is 6.91. The molecule has 1 atom stereocenters. The molecular weight excluding hydrogens is 304 g/mol. The zero-order chi connectivity index (χ0) is 10.1. The number of hydrogen-bond acceptors (Lipinski definition) is 1. The fraction of sp³-hybridized carbons (Fsp3) is 0.500. The van der Waals surface area contributed by atoms with E-state index in [1.54, 1.807) is 5.56 Å². The molecule has 0 N–H and O–H groups in total. The van der Waals surface area contributed by atoms with Gasteiger partial charge in [-0.1, -0.05) is 0 Å². The predicted molar refractivity (Wildman–Crippen MR) is 75.6 cm³/mol. The maximum atomic E-state index is 2.62. The molecule has 2 radical (unpaired) electrons. The summed E-state index contributed by atoms with van der Waals surface area (Å²) in [6, 6.07) is 7.53. The van der Waals surface area contributed by atoms with Crippen LogP contribution >= 0.6 is 24.8 Å². The summed E-state index contributed by atoms with van der Waals surface area (Å²) in [4.78, 5) is 2.47. The van der Waals surface area contributed by atoms with Gasteiger partial charge in [-0.3, -0.25) is 0 Å². The normalized spacial score (nSPS) is 19.3. The van der Waals surface area contributed by atoms with Gasteiger partial charge in [-0.25, -0.2) is 0 Å². The van der Waals surface area contributed by atoms with Gasteiger partial charge in [-0.05, 0) is 0 Å². The summed E-state index contributed by atoms with van der Waals surface area (Å²) < 4.78 is 1.32. The van der Waals surface area contributed by atoms with Gasteiger partial charge in [0.2, 0.25) is 0 Å². The van der Waals surface area contributed by atoms with Crippen LogP contribution in [0.2, 0.25) is 0 Å². The van der Waals surface area contributed by atoms with Crippen LogP contribution in [0, 0.1) is 0 Å². The van der Waals surface area contributed by atoms with Gasteiger partial charge in [0.25, 0.3) is 0 Å². The minimum atomic E-state index is 0. The summed E-state index contributed by atoms with van der Waals surface area (Å²) in [7, 11) is 2.23. The predicted octanol–water partition coefficient (Wildman–Crippen LogP) is 2.09. The molecule has 0 amide bonds. The van der Waals surface area contributed by atoms with E-state index in [0.717, 1.165) is 12.6 Å². The standard InChI is InChI=1S/C12H16AsN.2ClH/c1-3-12-7-9-4-5-11(13)6-10(9)8-14(12)2;;/h4-6,12H,3,7-8H2,1-2H3;2*1H. The van der Waals surface area contributed by atoms with Crippen molar-refractivity contribution in [2.45, 2.75) is 32.4 Å². The molecule has 1 aliphatic heterocycles. The summed E-state index contributed by atoms with van der Waals surface area (Å²) >= 11 is 2.62. The molecule has 0 spiro atoms. The molecule has 0 bridgehead atoms. The Morgan fingerprint density at radius 3 is 2.62 bits per heavy atom. The number of hydrogen-bond donors (Lipinski definition) is 0. The van der Waals surface area contributed by atoms with Crippen LogP contribution in [0.25, 0.3) is 0 Å². The number of fused-ring (bicyclic) bond motifs is 1. The minimum Gasteiger partial charge on any atom is -0.147 e. The van der Waals surface area contributed by atoms with E-state index in [1.807, 2.05) is 0 Å². The molecule has 0 aromatic heterocycles. The van der Waals surface area contributed by atoms with Crippen LogP contribution in [-0.4, -0.2) is 34.8 Å². The van der Waals surface area contributed by atoms with Crippen LogP contribution in [-0.2, 0) is 13.0 Å². The van der Waals surface area contributed by atoms with Crippen LogP contribution in [0.5, 0.6) is 0 Å². The first-order chi connectivity index (χ1) is 6.70. The Balaban J connectivity index is 0.00000112. The zero-order valence-electron chi connectivity index (χ0n) is 9.64. The van der Waals surface area contributed by atoms with Crippen molar-refractivity contribution in [2.24, 2.45) is 0 Å². The van der Waals surface area contributed by atoms with E-state index >= 15 is 0 Å². The third-order valence-corrected chi connectivity index (χ3v) is 3.74. The summed E-state index contributed by atoms with van der Waals surface area (Å²) in [6.45, 7) is 3.39. The van der Waals surface area contributed by atoms with Crippen molar-refractivity contribution in [3.05, 3.63) is 29.3 Å². The van der Waals surface area contributed by atoms with Crippen molar-refractivity contribution in [3.63, 3.8) is 0 Å². The zero-order valence-corrected chi connectivity index (χ0v) is 13.2. The van der Waals surface area contributed by atoms with E-state index in [0.29, 0.717) is 0 Å². The topological polar surface area (TPSA) is 3.24 Å². The number of rotatable bonds is 1.